The lowest BCUT2D eigenvalue weighted by molar-refractivity contribution is -0.384. The molecule has 0 aliphatic rings. The van der Waals surface area contributed by atoms with Gasteiger partial charge in [0.1, 0.15) is 10.7 Å². The van der Waals surface area contributed by atoms with Crippen LogP contribution < -0.4 is 5.32 Å². The second-order valence-electron chi connectivity index (χ2n) is 5.22. The smallest absolute Gasteiger partial charge is 0.348 e. The molecule has 26 heavy (non-hydrogen) atoms. The van der Waals surface area contributed by atoms with Crippen LogP contribution in [-0.4, -0.2) is 23.4 Å². The molecular formula is C17H11FN2O5S. The molecule has 1 N–H and O–H groups in total. The minimum atomic E-state index is -0.708. The molecule has 2 aromatic carbocycles. The third kappa shape index (κ3) is 4.01. The molecule has 132 valence electrons. The van der Waals surface area contributed by atoms with Crippen LogP contribution in [0, 0.1) is 15.9 Å². The van der Waals surface area contributed by atoms with Gasteiger partial charge < -0.3 is 10.1 Å². The highest BCUT2D eigenvalue weighted by Gasteiger charge is 2.15. The third-order valence-corrected chi connectivity index (χ3v) is 4.45. The molecule has 1 aromatic heterocycles. The Morgan fingerprint density at radius 2 is 2.00 bits per heavy atom. The normalized spacial score (nSPS) is 10.5. The first kappa shape index (κ1) is 17.5. The average molecular weight is 374 g/mol. The Balaban J connectivity index is 1.60. The van der Waals surface area contributed by atoms with E-state index in [1.54, 1.807) is 6.07 Å². The number of thiophene rings is 1. The molecule has 0 aliphatic carbocycles. The molecule has 0 unspecified atom stereocenters. The van der Waals surface area contributed by atoms with Crippen molar-refractivity contribution in [2.45, 2.75) is 0 Å². The van der Waals surface area contributed by atoms with E-state index in [4.69, 9.17) is 4.74 Å². The highest BCUT2D eigenvalue weighted by atomic mass is 32.1. The van der Waals surface area contributed by atoms with Crippen molar-refractivity contribution >= 4 is 44.7 Å². The molecule has 7 nitrogen and oxygen atoms in total. The number of amides is 1. The Morgan fingerprint density at radius 1 is 1.19 bits per heavy atom. The fourth-order valence-corrected chi connectivity index (χ4v) is 3.15. The third-order valence-electron chi connectivity index (χ3n) is 3.35. The molecular weight excluding hydrogens is 363 g/mol. The van der Waals surface area contributed by atoms with Crippen LogP contribution in [0.15, 0.2) is 48.5 Å². The van der Waals surface area contributed by atoms with E-state index >= 15 is 0 Å². The number of rotatable bonds is 5. The number of hydrogen-bond donors (Lipinski definition) is 1. The SMILES string of the molecule is O=C(COC(=O)c1cc2cc(F)ccc2s1)Nc1cccc([N+](=O)[O-])c1. The van der Waals surface area contributed by atoms with Gasteiger partial charge in [-0.2, -0.15) is 0 Å². The van der Waals surface area contributed by atoms with E-state index in [0.29, 0.717) is 5.39 Å². The number of ether oxygens (including phenoxy) is 1. The van der Waals surface area contributed by atoms with Crippen LogP contribution in [0.25, 0.3) is 10.1 Å². The van der Waals surface area contributed by atoms with E-state index < -0.39 is 29.2 Å². The molecule has 0 spiro atoms. The fourth-order valence-electron chi connectivity index (χ4n) is 2.21. The van der Waals surface area contributed by atoms with Crippen molar-refractivity contribution in [3.63, 3.8) is 0 Å². The van der Waals surface area contributed by atoms with Crippen LogP contribution in [0.5, 0.6) is 0 Å². The standard InChI is InChI=1S/C17H11FN2O5S/c18-11-4-5-14-10(6-11)7-15(26-14)17(22)25-9-16(21)19-12-2-1-3-13(8-12)20(23)24/h1-8H,9H2,(H,19,21). The summed E-state index contributed by atoms with van der Waals surface area (Å²) in [6, 6.07) is 11.0. The number of anilines is 1. The molecule has 0 saturated carbocycles. The van der Waals surface area contributed by atoms with Gasteiger partial charge in [-0.1, -0.05) is 6.07 Å². The number of nitrogens with zero attached hydrogens (tertiary/aromatic N) is 1. The summed E-state index contributed by atoms with van der Waals surface area (Å²) in [6.45, 7) is -0.551. The molecule has 0 atom stereocenters. The first-order valence-corrected chi connectivity index (χ1v) is 8.14. The number of nitro groups is 1. The predicted octanol–water partition coefficient (Wildman–Crippen LogP) is 3.74. The molecule has 0 bridgehead atoms. The Morgan fingerprint density at radius 3 is 2.77 bits per heavy atom. The van der Waals surface area contributed by atoms with Gasteiger partial charge in [-0.05, 0) is 35.7 Å². The van der Waals surface area contributed by atoms with E-state index in [1.807, 2.05) is 0 Å². The van der Waals surface area contributed by atoms with Crippen molar-refractivity contribution in [1.82, 2.24) is 0 Å². The second kappa shape index (κ2) is 7.28. The Hall–Kier alpha value is -3.33. The average Bonchev–Trinajstić information content (AvgIpc) is 3.03. The number of nitrogens with one attached hydrogen (secondary N) is 1. The van der Waals surface area contributed by atoms with Gasteiger partial charge in [-0.15, -0.1) is 11.3 Å². The lowest BCUT2D eigenvalue weighted by Crippen LogP contribution is -2.20. The molecule has 0 radical (unpaired) electrons. The minimum Gasteiger partial charge on any atom is -0.451 e. The first-order valence-electron chi connectivity index (χ1n) is 7.33. The van der Waals surface area contributed by atoms with E-state index in [9.17, 15) is 24.1 Å². The highest BCUT2D eigenvalue weighted by molar-refractivity contribution is 7.20. The Bertz CT molecular complexity index is 1020. The van der Waals surface area contributed by atoms with Crippen molar-refractivity contribution < 1.29 is 23.6 Å². The fraction of sp³-hybridized carbons (Fsp3) is 0.0588. The summed E-state index contributed by atoms with van der Waals surface area (Å²) in [5.41, 5.74) is 0.0508. The molecule has 0 saturated heterocycles. The van der Waals surface area contributed by atoms with Gasteiger partial charge in [-0.3, -0.25) is 14.9 Å². The first-order chi connectivity index (χ1) is 12.4. The van der Waals surface area contributed by atoms with Gasteiger partial charge in [0.05, 0.1) is 4.92 Å². The molecule has 9 heteroatoms. The van der Waals surface area contributed by atoms with Crippen molar-refractivity contribution in [2.24, 2.45) is 0 Å². The maximum absolute atomic E-state index is 13.2. The quantitative estimate of drug-likeness (QED) is 0.417. The summed E-state index contributed by atoms with van der Waals surface area (Å²) in [7, 11) is 0. The maximum Gasteiger partial charge on any atom is 0.348 e. The largest absolute Gasteiger partial charge is 0.451 e. The zero-order valence-electron chi connectivity index (χ0n) is 13.1. The van der Waals surface area contributed by atoms with E-state index in [2.05, 4.69) is 5.32 Å². The van der Waals surface area contributed by atoms with Gasteiger partial charge >= 0.3 is 5.97 Å². The highest BCUT2D eigenvalue weighted by Crippen LogP contribution is 2.26. The topological polar surface area (TPSA) is 98.5 Å². The number of hydrogen-bond acceptors (Lipinski definition) is 6. The van der Waals surface area contributed by atoms with Gasteiger partial charge in [0.25, 0.3) is 11.6 Å². The number of halogens is 1. The molecule has 1 amide bonds. The van der Waals surface area contributed by atoms with Gasteiger partial charge in [-0.25, -0.2) is 9.18 Å². The zero-order valence-corrected chi connectivity index (χ0v) is 13.9. The van der Waals surface area contributed by atoms with Gasteiger partial charge in [0.2, 0.25) is 0 Å². The van der Waals surface area contributed by atoms with Crippen LogP contribution in [-0.2, 0) is 9.53 Å². The Labute approximate surface area is 150 Å². The van der Waals surface area contributed by atoms with Crippen LogP contribution in [0.3, 0.4) is 0 Å². The monoisotopic (exact) mass is 374 g/mol. The molecule has 0 aliphatic heterocycles. The lowest BCUT2D eigenvalue weighted by atomic mass is 10.2. The van der Waals surface area contributed by atoms with Crippen molar-refractivity contribution in [1.29, 1.82) is 0 Å². The minimum absolute atomic E-state index is 0.169. The summed E-state index contributed by atoms with van der Waals surface area (Å²) in [5, 5.41) is 13.7. The molecule has 3 rings (SSSR count). The Kier molecular flexibility index (Phi) is 4.90. The molecule has 1 heterocycles. The lowest BCUT2D eigenvalue weighted by Gasteiger charge is -2.05. The van der Waals surface area contributed by atoms with Crippen molar-refractivity contribution in [2.75, 3.05) is 11.9 Å². The number of carbonyl (C=O) groups excluding carboxylic acids is 2. The maximum atomic E-state index is 13.2. The number of benzene rings is 2. The van der Waals surface area contributed by atoms with Crippen LogP contribution >= 0.6 is 11.3 Å². The van der Waals surface area contributed by atoms with E-state index in [-0.39, 0.29) is 16.3 Å². The summed E-state index contributed by atoms with van der Waals surface area (Å²) < 4.78 is 18.8. The van der Waals surface area contributed by atoms with Crippen LogP contribution in [0.1, 0.15) is 9.67 Å². The van der Waals surface area contributed by atoms with Crippen molar-refractivity contribution in [3.05, 3.63) is 69.3 Å². The number of carbonyl (C=O) groups is 2. The molecule has 3 aromatic rings. The van der Waals surface area contributed by atoms with E-state index in [0.717, 1.165) is 16.0 Å². The van der Waals surface area contributed by atoms with E-state index in [1.165, 1.54) is 42.5 Å². The van der Waals surface area contributed by atoms with Crippen LogP contribution in [0.4, 0.5) is 15.8 Å². The second-order valence-corrected chi connectivity index (χ2v) is 6.31. The summed E-state index contributed by atoms with van der Waals surface area (Å²) in [6.07, 6.45) is 0. The van der Waals surface area contributed by atoms with Gasteiger partial charge in [0.15, 0.2) is 6.61 Å². The zero-order chi connectivity index (χ0) is 18.7. The van der Waals surface area contributed by atoms with Gasteiger partial charge in [0, 0.05) is 22.5 Å². The predicted molar refractivity (Wildman–Crippen MR) is 93.8 cm³/mol. The summed E-state index contributed by atoms with van der Waals surface area (Å²) in [5.74, 6) is -1.75. The number of non-ortho nitro benzene ring substituents is 1. The number of fused-ring (bicyclic) bond motifs is 1. The summed E-state index contributed by atoms with van der Waals surface area (Å²) >= 11 is 1.13. The molecule has 0 fully saturated rings. The number of esters is 1. The van der Waals surface area contributed by atoms with Crippen molar-refractivity contribution in [3.8, 4) is 0 Å². The number of nitro benzene ring substituents is 1. The van der Waals surface area contributed by atoms with Crippen LogP contribution in [0.2, 0.25) is 0 Å². The summed E-state index contributed by atoms with van der Waals surface area (Å²) in [4.78, 5) is 34.2.